The fourth-order valence-corrected chi connectivity index (χ4v) is 2.01. The minimum absolute atomic E-state index is 0.128. The molecule has 4 nitrogen and oxygen atoms in total. The van der Waals surface area contributed by atoms with E-state index in [0.717, 1.165) is 18.5 Å². The van der Waals surface area contributed by atoms with Gasteiger partial charge in [-0.25, -0.2) is 0 Å². The molecule has 0 aliphatic carbocycles. The van der Waals surface area contributed by atoms with Gasteiger partial charge in [0.05, 0.1) is 18.3 Å². The highest BCUT2D eigenvalue weighted by atomic mass is 19.4. The molecule has 1 unspecified atom stereocenters. The highest BCUT2D eigenvalue weighted by molar-refractivity contribution is 5.02. The largest absolute Gasteiger partial charge is 0.411 e. The first kappa shape index (κ1) is 17.0. The van der Waals surface area contributed by atoms with Gasteiger partial charge in [-0.15, -0.1) is 0 Å². The normalized spacial score (nSPS) is 13.9. The summed E-state index contributed by atoms with van der Waals surface area (Å²) >= 11 is 0. The van der Waals surface area contributed by atoms with E-state index in [9.17, 15) is 13.2 Å². The number of nitrogens with zero attached hydrogens (tertiary/aromatic N) is 2. The number of rotatable bonds is 8. The van der Waals surface area contributed by atoms with Crippen molar-refractivity contribution in [1.29, 1.82) is 0 Å². The summed E-state index contributed by atoms with van der Waals surface area (Å²) in [6, 6.07) is 1.71. The third-order valence-electron chi connectivity index (χ3n) is 3.05. The van der Waals surface area contributed by atoms with Crippen LogP contribution in [0.4, 0.5) is 13.2 Å². The van der Waals surface area contributed by atoms with Crippen LogP contribution in [0.1, 0.15) is 38.4 Å². The maximum absolute atomic E-state index is 11.9. The van der Waals surface area contributed by atoms with Gasteiger partial charge >= 0.3 is 6.18 Å². The lowest BCUT2D eigenvalue weighted by atomic mass is 10.2. The highest BCUT2D eigenvalue weighted by Crippen LogP contribution is 2.16. The van der Waals surface area contributed by atoms with E-state index in [1.807, 2.05) is 16.9 Å². The Balaban J connectivity index is 2.40. The third kappa shape index (κ3) is 5.92. The first-order valence-electron chi connectivity index (χ1n) is 6.79. The number of alkyl halides is 3. The van der Waals surface area contributed by atoms with Crippen molar-refractivity contribution in [3.63, 3.8) is 0 Å². The van der Waals surface area contributed by atoms with Gasteiger partial charge in [0, 0.05) is 18.7 Å². The fourth-order valence-electron chi connectivity index (χ4n) is 2.01. The average molecular weight is 293 g/mol. The van der Waals surface area contributed by atoms with E-state index in [2.05, 4.69) is 23.7 Å². The Morgan fingerprint density at radius 1 is 1.35 bits per heavy atom. The van der Waals surface area contributed by atoms with Crippen LogP contribution >= 0.6 is 0 Å². The van der Waals surface area contributed by atoms with Crippen LogP contribution in [-0.4, -0.2) is 35.2 Å². The molecule has 1 aromatic heterocycles. The predicted molar refractivity (Wildman–Crippen MR) is 70.4 cm³/mol. The average Bonchev–Trinajstić information content (AvgIpc) is 2.77. The molecule has 2 N–H and O–H groups in total. The molecule has 0 saturated heterocycles. The quantitative estimate of drug-likeness (QED) is 0.801. The van der Waals surface area contributed by atoms with Crippen molar-refractivity contribution in [3.05, 3.63) is 18.0 Å². The van der Waals surface area contributed by atoms with Crippen LogP contribution in [0.15, 0.2) is 12.3 Å². The van der Waals surface area contributed by atoms with E-state index < -0.39 is 18.8 Å². The first-order chi connectivity index (χ1) is 9.35. The molecule has 0 aliphatic rings. The van der Waals surface area contributed by atoms with Crippen molar-refractivity contribution in [2.45, 2.75) is 51.4 Å². The molecule has 0 fully saturated rings. The van der Waals surface area contributed by atoms with Crippen molar-refractivity contribution in [1.82, 2.24) is 9.78 Å². The summed E-state index contributed by atoms with van der Waals surface area (Å²) in [7, 11) is 0. The Morgan fingerprint density at radius 2 is 2.00 bits per heavy atom. The molecule has 116 valence electrons. The Labute approximate surface area is 117 Å². The van der Waals surface area contributed by atoms with Crippen molar-refractivity contribution in [3.8, 4) is 0 Å². The number of hydrogen-bond acceptors (Lipinski definition) is 3. The van der Waals surface area contributed by atoms with Crippen LogP contribution < -0.4 is 5.73 Å². The maximum atomic E-state index is 11.9. The van der Waals surface area contributed by atoms with Gasteiger partial charge in [-0.3, -0.25) is 4.68 Å². The molecular weight excluding hydrogens is 271 g/mol. The molecule has 1 rings (SSSR count). The summed E-state index contributed by atoms with van der Waals surface area (Å²) in [4.78, 5) is 0. The molecule has 7 heteroatoms. The van der Waals surface area contributed by atoms with Crippen LogP contribution in [0, 0.1) is 0 Å². The minimum Gasteiger partial charge on any atom is -0.370 e. The Hall–Kier alpha value is -1.08. The lowest BCUT2D eigenvalue weighted by molar-refractivity contribution is -0.174. The minimum atomic E-state index is -4.31. The van der Waals surface area contributed by atoms with Gasteiger partial charge in [0.25, 0.3) is 0 Å². The van der Waals surface area contributed by atoms with Gasteiger partial charge in [0.15, 0.2) is 0 Å². The summed E-state index contributed by atoms with van der Waals surface area (Å²) < 4.78 is 42.2. The Kier molecular flexibility index (Phi) is 6.48. The SMILES string of the molecule is CCC(CC)n1ccc(CC(N)COCC(F)(F)F)n1. The van der Waals surface area contributed by atoms with Crippen LogP contribution in [-0.2, 0) is 11.2 Å². The van der Waals surface area contributed by atoms with Crippen LogP contribution in [0.25, 0.3) is 0 Å². The molecule has 0 spiro atoms. The van der Waals surface area contributed by atoms with Gasteiger partial charge in [-0.2, -0.15) is 18.3 Å². The summed E-state index contributed by atoms with van der Waals surface area (Å²) in [6.45, 7) is 2.79. The molecule has 0 aromatic carbocycles. The van der Waals surface area contributed by atoms with E-state index in [4.69, 9.17) is 5.73 Å². The van der Waals surface area contributed by atoms with Crippen LogP contribution in [0.3, 0.4) is 0 Å². The van der Waals surface area contributed by atoms with Gasteiger partial charge in [-0.05, 0) is 18.9 Å². The second-order valence-electron chi connectivity index (χ2n) is 4.85. The Bertz CT molecular complexity index is 388. The zero-order chi connectivity index (χ0) is 15.2. The molecule has 1 heterocycles. The summed E-state index contributed by atoms with van der Waals surface area (Å²) in [6.07, 6.45) is -0.0468. The molecule has 0 bridgehead atoms. The standard InChI is InChI=1S/C13H22F3N3O/c1-3-12(4-2)19-6-5-11(18-19)7-10(17)8-20-9-13(14,15)16/h5-6,10,12H,3-4,7-9,17H2,1-2H3. The molecular formula is C13H22F3N3O. The number of aromatic nitrogens is 2. The molecule has 1 aromatic rings. The molecule has 20 heavy (non-hydrogen) atoms. The van der Waals surface area contributed by atoms with Crippen molar-refractivity contribution < 1.29 is 17.9 Å². The maximum Gasteiger partial charge on any atom is 0.411 e. The summed E-state index contributed by atoms with van der Waals surface area (Å²) in [5.74, 6) is 0. The van der Waals surface area contributed by atoms with Crippen molar-refractivity contribution in [2.24, 2.45) is 5.73 Å². The second kappa shape index (κ2) is 7.64. The topological polar surface area (TPSA) is 53.1 Å². The lowest BCUT2D eigenvalue weighted by Crippen LogP contribution is -2.31. The van der Waals surface area contributed by atoms with E-state index >= 15 is 0 Å². The Morgan fingerprint density at radius 3 is 2.55 bits per heavy atom. The van der Waals surface area contributed by atoms with Crippen LogP contribution in [0.5, 0.6) is 0 Å². The number of halogens is 3. The van der Waals surface area contributed by atoms with Gasteiger partial charge in [-0.1, -0.05) is 13.8 Å². The van der Waals surface area contributed by atoms with Gasteiger partial charge in [0.2, 0.25) is 0 Å². The summed E-state index contributed by atoms with van der Waals surface area (Å²) in [5, 5.41) is 4.41. The third-order valence-corrected chi connectivity index (χ3v) is 3.05. The second-order valence-corrected chi connectivity index (χ2v) is 4.85. The van der Waals surface area contributed by atoms with E-state index in [-0.39, 0.29) is 6.61 Å². The van der Waals surface area contributed by atoms with Gasteiger partial charge < -0.3 is 10.5 Å². The number of nitrogens with two attached hydrogens (primary N) is 1. The van der Waals surface area contributed by atoms with Crippen molar-refractivity contribution >= 4 is 0 Å². The van der Waals surface area contributed by atoms with Gasteiger partial charge in [0.1, 0.15) is 6.61 Å². The lowest BCUT2D eigenvalue weighted by Gasteiger charge is -2.14. The smallest absolute Gasteiger partial charge is 0.370 e. The number of hydrogen-bond donors (Lipinski definition) is 1. The number of ether oxygens (including phenoxy) is 1. The van der Waals surface area contributed by atoms with Crippen LogP contribution in [0.2, 0.25) is 0 Å². The van der Waals surface area contributed by atoms with E-state index in [1.54, 1.807) is 0 Å². The fraction of sp³-hybridized carbons (Fsp3) is 0.769. The summed E-state index contributed by atoms with van der Waals surface area (Å²) in [5.41, 5.74) is 6.52. The predicted octanol–water partition coefficient (Wildman–Crippen LogP) is 2.69. The zero-order valence-corrected chi connectivity index (χ0v) is 11.9. The molecule has 0 amide bonds. The van der Waals surface area contributed by atoms with E-state index in [0.29, 0.717) is 12.5 Å². The zero-order valence-electron chi connectivity index (χ0n) is 11.9. The van der Waals surface area contributed by atoms with Crippen molar-refractivity contribution in [2.75, 3.05) is 13.2 Å². The monoisotopic (exact) mass is 293 g/mol. The molecule has 0 aliphatic heterocycles. The van der Waals surface area contributed by atoms with E-state index in [1.165, 1.54) is 0 Å². The first-order valence-corrected chi connectivity index (χ1v) is 6.79. The molecule has 0 saturated carbocycles. The molecule has 0 radical (unpaired) electrons. The molecule has 1 atom stereocenters. The highest BCUT2D eigenvalue weighted by Gasteiger charge is 2.27.